The summed E-state index contributed by atoms with van der Waals surface area (Å²) in [5.41, 5.74) is 3.10. The molecule has 7 rings (SSSR count). The number of carbonyl (C=O) groups is 4. The summed E-state index contributed by atoms with van der Waals surface area (Å²) in [5, 5.41) is -0.880. The number of hydrogen-bond acceptors (Lipinski definition) is 10. The zero-order valence-corrected chi connectivity index (χ0v) is 33.1. The molecule has 6 aromatic carbocycles. The fraction of sp³-hybridized carbons (Fsp3) is 0.184. The van der Waals surface area contributed by atoms with Crippen LogP contribution in [0.5, 0.6) is 5.75 Å². The molecule has 0 N–H and O–H groups in total. The van der Waals surface area contributed by atoms with Crippen LogP contribution in [0.2, 0.25) is 0 Å². The lowest BCUT2D eigenvalue weighted by Gasteiger charge is -2.44. The first-order valence-electron chi connectivity index (χ1n) is 19.3. The van der Waals surface area contributed by atoms with E-state index in [0.717, 1.165) is 29.3 Å². The third-order valence-electron chi connectivity index (χ3n) is 9.78. The van der Waals surface area contributed by atoms with Crippen molar-refractivity contribution < 1.29 is 42.9 Å². The number of ether oxygens (including phenoxy) is 5. The van der Waals surface area contributed by atoms with Gasteiger partial charge in [-0.3, -0.25) is 0 Å². The number of esters is 4. The van der Waals surface area contributed by atoms with Crippen LogP contribution in [0.1, 0.15) is 65.0 Å². The van der Waals surface area contributed by atoms with Gasteiger partial charge >= 0.3 is 23.9 Å². The summed E-state index contributed by atoms with van der Waals surface area (Å²) in [5.74, 6) is -2.29. The van der Waals surface area contributed by atoms with Gasteiger partial charge in [0, 0.05) is 6.42 Å². The maximum atomic E-state index is 14.0. The molecule has 0 aliphatic carbocycles. The van der Waals surface area contributed by atoms with E-state index in [2.05, 4.69) is 31.2 Å². The number of hydrogen-bond donors (Lipinski definition) is 0. The highest BCUT2D eigenvalue weighted by atomic mass is 32.2. The van der Waals surface area contributed by atoms with E-state index in [9.17, 15) is 19.2 Å². The van der Waals surface area contributed by atoms with Crippen molar-refractivity contribution in [1.82, 2.24) is 0 Å². The lowest BCUT2D eigenvalue weighted by molar-refractivity contribution is -0.111. The lowest BCUT2D eigenvalue weighted by atomic mass is 10.0. The zero-order chi connectivity index (χ0) is 41.0. The van der Waals surface area contributed by atoms with Crippen LogP contribution in [-0.4, -0.2) is 59.5 Å². The molecule has 0 radical (unpaired) electrons. The Bertz CT molecular complexity index is 2320. The normalized spacial score (nSPS) is 18.5. The largest absolute Gasteiger partial charge is 0.475 e. The number of carbonyl (C=O) groups excluding carboxylic acids is 4. The molecule has 1 aliphatic rings. The SMILES string of the molecule is CCc1ccc(Cc2ccccc2O[C@H]2SC(COC(=O)c3ccccc3)[C@H](OC(=O)c3ccccc3)[C@H](OC(=O)c3ccccc3)C2OC(=O)c2ccccc2)cc1. The first kappa shape index (κ1) is 40.5. The first-order chi connectivity index (χ1) is 28.9. The highest BCUT2D eigenvalue weighted by molar-refractivity contribution is 8.00. The molecule has 59 heavy (non-hydrogen) atoms. The van der Waals surface area contributed by atoms with Crippen molar-refractivity contribution in [2.45, 2.75) is 48.8 Å². The fourth-order valence-electron chi connectivity index (χ4n) is 6.62. The van der Waals surface area contributed by atoms with Crippen LogP contribution in [0.15, 0.2) is 170 Å². The minimum absolute atomic E-state index is 0.218. The summed E-state index contributed by atoms with van der Waals surface area (Å²) in [4.78, 5) is 55.2. The highest BCUT2D eigenvalue weighted by Crippen LogP contribution is 2.41. The van der Waals surface area contributed by atoms with E-state index in [1.165, 1.54) is 5.56 Å². The van der Waals surface area contributed by atoms with Gasteiger partial charge in [0.05, 0.1) is 27.5 Å². The molecule has 1 aliphatic heterocycles. The van der Waals surface area contributed by atoms with Crippen LogP contribution in [0, 0.1) is 0 Å². The van der Waals surface area contributed by atoms with E-state index < -0.39 is 52.9 Å². The molecular formula is C49H42O9S. The van der Waals surface area contributed by atoms with Crippen LogP contribution >= 0.6 is 11.8 Å². The van der Waals surface area contributed by atoms with Crippen LogP contribution < -0.4 is 4.74 Å². The molecule has 298 valence electrons. The van der Waals surface area contributed by atoms with Crippen molar-refractivity contribution in [3.05, 3.63) is 209 Å². The van der Waals surface area contributed by atoms with Gasteiger partial charge in [0.1, 0.15) is 12.4 Å². The number of rotatable bonds is 14. The molecule has 0 bridgehead atoms. The molecular weight excluding hydrogens is 765 g/mol. The molecule has 1 fully saturated rings. The second-order valence-corrected chi connectivity index (χ2v) is 15.1. The number of para-hydroxylation sites is 1. The standard InChI is InChI=1S/C49H42O9S/c1-2-33-27-29-34(30-28-33)31-39-25-15-16-26-40(39)55-49-44(58-48(53)38-23-13-6-14-24-38)43(57-47(52)37-21-11-5-12-22-37)42(56-46(51)36-19-9-4-10-20-36)41(59-49)32-54-45(50)35-17-7-3-8-18-35/h3-30,41-44,49H,2,31-32H2,1H3/t41?,42-,43-,44?,49-/m0/s1. The molecule has 10 heteroatoms. The lowest BCUT2D eigenvalue weighted by Crippen LogP contribution is -2.60. The second kappa shape index (κ2) is 19.7. The number of benzene rings is 6. The van der Waals surface area contributed by atoms with Crippen LogP contribution in [0.25, 0.3) is 0 Å². The average molecular weight is 807 g/mol. The quantitative estimate of drug-likeness (QED) is 0.0780. The minimum atomic E-state index is -1.44. The van der Waals surface area contributed by atoms with E-state index in [1.807, 2.05) is 24.3 Å². The maximum absolute atomic E-state index is 14.0. The Balaban J connectivity index is 1.30. The van der Waals surface area contributed by atoms with Crippen LogP contribution in [-0.2, 0) is 31.8 Å². The van der Waals surface area contributed by atoms with Crippen molar-refractivity contribution >= 4 is 35.6 Å². The van der Waals surface area contributed by atoms with Crippen LogP contribution in [0.4, 0.5) is 0 Å². The second-order valence-electron chi connectivity index (χ2n) is 13.8. The van der Waals surface area contributed by atoms with Gasteiger partial charge < -0.3 is 23.7 Å². The van der Waals surface area contributed by atoms with Crippen molar-refractivity contribution in [2.24, 2.45) is 0 Å². The molecule has 9 nitrogen and oxygen atoms in total. The molecule has 6 aromatic rings. The summed E-state index contributed by atoms with van der Waals surface area (Å²) in [6.07, 6.45) is -2.63. The molecule has 5 atom stereocenters. The van der Waals surface area contributed by atoms with E-state index in [-0.39, 0.29) is 23.3 Å². The van der Waals surface area contributed by atoms with Crippen molar-refractivity contribution in [3.8, 4) is 5.75 Å². The fourth-order valence-corrected chi connectivity index (χ4v) is 8.01. The summed E-state index contributed by atoms with van der Waals surface area (Å²) in [7, 11) is 0. The Hall–Kier alpha value is -6.65. The maximum Gasteiger partial charge on any atom is 0.338 e. The Morgan fingerprint density at radius 3 is 1.41 bits per heavy atom. The van der Waals surface area contributed by atoms with Gasteiger partial charge in [-0.2, -0.15) is 0 Å². The zero-order valence-electron chi connectivity index (χ0n) is 32.3. The summed E-state index contributed by atoms with van der Waals surface area (Å²) < 4.78 is 31.5. The molecule has 0 spiro atoms. The Labute approximate surface area is 347 Å². The smallest absolute Gasteiger partial charge is 0.338 e. The first-order valence-corrected chi connectivity index (χ1v) is 20.3. The summed E-state index contributed by atoms with van der Waals surface area (Å²) in [6, 6.07) is 49.5. The average Bonchev–Trinajstić information content (AvgIpc) is 3.29. The third-order valence-corrected chi connectivity index (χ3v) is 11.2. The molecule has 0 saturated carbocycles. The Morgan fingerprint density at radius 2 is 0.898 bits per heavy atom. The molecule has 0 amide bonds. The topological polar surface area (TPSA) is 114 Å². The molecule has 2 unspecified atom stereocenters. The number of thioether (sulfide) groups is 1. The molecule has 1 saturated heterocycles. The van der Waals surface area contributed by atoms with Gasteiger partial charge in [-0.15, -0.1) is 11.8 Å². The molecule has 1 heterocycles. The van der Waals surface area contributed by atoms with Crippen molar-refractivity contribution in [3.63, 3.8) is 0 Å². The predicted octanol–water partition coefficient (Wildman–Crippen LogP) is 9.19. The van der Waals surface area contributed by atoms with Crippen LogP contribution in [0.3, 0.4) is 0 Å². The monoisotopic (exact) mass is 806 g/mol. The van der Waals surface area contributed by atoms with Gasteiger partial charge in [0.15, 0.2) is 23.7 Å². The highest BCUT2D eigenvalue weighted by Gasteiger charge is 2.54. The Morgan fingerprint density at radius 1 is 0.475 bits per heavy atom. The van der Waals surface area contributed by atoms with Gasteiger partial charge in [0.25, 0.3) is 0 Å². The molecule has 0 aromatic heterocycles. The number of aryl methyl sites for hydroxylation is 1. The Kier molecular flexibility index (Phi) is 13.5. The van der Waals surface area contributed by atoms with Crippen molar-refractivity contribution in [1.29, 1.82) is 0 Å². The van der Waals surface area contributed by atoms with Gasteiger partial charge in [0.2, 0.25) is 0 Å². The van der Waals surface area contributed by atoms with E-state index in [0.29, 0.717) is 17.7 Å². The van der Waals surface area contributed by atoms with Gasteiger partial charge in [-0.05, 0) is 77.7 Å². The van der Waals surface area contributed by atoms with Crippen molar-refractivity contribution in [2.75, 3.05) is 6.61 Å². The van der Waals surface area contributed by atoms with E-state index in [4.69, 9.17) is 23.7 Å². The third kappa shape index (κ3) is 10.5. The van der Waals surface area contributed by atoms with E-state index in [1.54, 1.807) is 121 Å². The van der Waals surface area contributed by atoms with Gasteiger partial charge in [-0.1, -0.05) is 122 Å². The predicted molar refractivity (Wildman–Crippen MR) is 225 cm³/mol. The minimum Gasteiger partial charge on any atom is -0.475 e. The van der Waals surface area contributed by atoms with E-state index >= 15 is 0 Å². The van der Waals surface area contributed by atoms with Gasteiger partial charge in [-0.25, -0.2) is 19.2 Å². The summed E-state index contributed by atoms with van der Waals surface area (Å²) >= 11 is 1.16. The summed E-state index contributed by atoms with van der Waals surface area (Å²) in [6.45, 7) is 1.82.